The normalized spacial score (nSPS) is 15.2. The predicted molar refractivity (Wildman–Crippen MR) is 146 cm³/mol. The molecule has 0 unspecified atom stereocenters. The van der Waals surface area contributed by atoms with Gasteiger partial charge >= 0.3 is 12.0 Å². The molecule has 0 radical (unpaired) electrons. The van der Waals surface area contributed by atoms with Crippen LogP contribution in [-0.4, -0.2) is 43.2 Å². The SMILES string of the molecule is C=C(/C(=N\C(=O)Nc1ccccc1)NC1CCCC1)/C(=C(C(=O)OCC)\C(C)=N/C)c1ccccc1. The fourth-order valence-corrected chi connectivity index (χ4v) is 4.16. The molecule has 2 amide bonds. The number of hydrogen-bond donors (Lipinski definition) is 2. The van der Waals surface area contributed by atoms with E-state index < -0.39 is 12.0 Å². The van der Waals surface area contributed by atoms with Crippen molar-refractivity contribution in [2.45, 2.75) is 45.6 Å². The molecule has 36 heavy (non-hydrogen) atoms. The molecule has 0 spiro atoms. The number of nitrogens with zero attached hydrogens (tertiary/aromatic N) is 2. The number of para-hydroxylation sites is 1. The number of anilines is 1. The van der Waals surface area contributed by atoms with Gasteiger partial charge in [0, 0.05) is 35.6 Å². The van der Waals surface area contributed by atoms with Crippen LogP contribution in [0.4, 0.5) is 10.5 Å². The van der Waals surface area contributed by atoms with E-state index in [1.807, 2.05) is 48.5 Å². The molecular formula is C29H34N4O3. The number of esters is 1. The summed E-state index contributed by atoms with van der Waals surface area (Å²) in [7, 11) is 1.62. The van der Waals surface area contributed by atoms with Crippen molar-refractivity contribution < 1.29 is 14.3 Å². The van der Waals surface area contributed by atoms with Gasteiger partial charge in [-0.1, -0.05) is 68.0 Å². The molecule has 1 fully saturated rings. The Hall–Kier alpha value is -4.00. The summed E-state index contributed by atoms with van der Waals surface area (Å²) in [5, 5.41) is 6.23. The quantitative estimate of drug-likeness (QED) is 0.162. The number of urea groups is 1. The van der Waals surface area contributed by atoms with Gasteiger partial charge in [0.2, 0.25) is 0 Å². The lowest BCUT2D eigenvalue weighted by Crippen LogP contribution is -2.35. The van der Waals surface area contributed by atoms with E-state index in [1.54, 1.807) is 33.0 Å². The van der Waals surface area contributed by atoms with E-state index in [1.165, 1.54) is 0 Å². The zero-order chi connectivity index (χ0) is 25.9. The van der Waals surface area contributed by atoms with Gasteiger partial charge in [-0.2, -0.15) is 4.99 Å². The summed E-state index contributed by atoms with van der Waals surface area (Å²) in [6.07, 6.45) is 4.14. The second kappa shape index (κ2) is 13.2. The van der Waals surface area contributed by atoms with E-state index in [0.717, 1.165) is 31.2 Å². The maximum Gasteiger partial charge on any atom is 0.347 e. The topological polar surface area (TPSA) is 92.2 Å². The number of hydrogen-bond acceptors (Lipinski definition) is 4. The number of benzene rings is 2. The molecule has 1 saturated carbocycles. The van der Waals surface area contributed by atoms with Crippen LogP contribution >= 0.6 is 0 Å². The minimum absolute atomic E-state index is 0.161. The lowest BCUT2D eigenvalue weighted by molar-refractivity contribution is -0.137. The van der Waals surface area contributed by atoms with Crippen molar-refractivity contribution in [1.82, 2.24) is 5.32 Å². The Morgan fingerprint density at radius 3 is 2.22 bits per heavy atom. The number of carbonyl (C=O) groups excluding carboxylic acids is 2. The van der Waals surface area contributed by atoms with Crippen molar-refractivity contribution in [3.8, 4) is 0 Å². The molecule has 2 aromatic carbocycles. The van der Waals surface area contributed by atoms with Gasteiger partial charge in [-0.3, -0.25) is 4.99 Å². The highest BCUT2D eigenvalue weighted by Crippen LogP contribution is 2.29. The Bertz CT molecular complexity index is 1160. The van der Waals surface area contributed by atoms with Crippen LogP contribution in [0.15, 0.2) is 88.4 Å². The van der Waals surface area contributed by atoms with Crippen LogP contribution in [0.5, 0.6) is 0 Å². The maximum absolute atomic E-state index is 13.2. The average Bonchev–Trinajstić information content (AvgIpc) is 3.40. The van der Waals surface area contributed by atoms with Gasteiger partial charge in [0.05, 0.1) is 12.2 Å². The van der Waals surface area contributed by atoms with Crippen molar-refractivity contribution in [2.75, 3.05) is 19.0 Å². The monoisotopic (exact) mass is 486 g/mol. The summed E-state index contributed by atoms with van der Waals surface area (Å²) < 4.78 is 5.39. The number of rotatable bonds is 8. The van der Waals surface area contributed by atoms with Crippen molar-refractivity contribution >= 4 is 34.8 Å². The third-order valence-corrected chi connectivity index (χ3v) is 6.01. The molecule has 7 heteroatoms. The average molecular weight is 487 g/mol. The van der Waals surface area contributed by atoms with E-state index in [4.69, 9.17) is 4.74 Å². The zero-order valence-electron chi connectivity index (χ0n) is 21.2. The maximum atomic E-state index is 13.2. The van der Waals surface area contributed by atoms with Crippen LogP contribution in [0.2, 0.25) is 0 Å². The Balaban J connectivity index is 2.13. The second-order valence-electron chi connectivity index (χ2n) is 8.51. The Morgan fingerprint density at radius 2 is 1.64 bits per heavy atom. The predicted octanol–water partition coefficient (Wildman–Crippen LogP) is 5.81. The van der Waals surface area contributed by atoms with Gasteiger partial charge in [-0.25, -0.2) is 9.59 Å². The Morgan fingerprint density at radius 1 is 1.03 bits per heavy atom. The molecule has 2 aromatic rings. The molecular weight excluding hydrogens is 452 g/mol. The van der Waals surface area contributed by atoms with E-state index in [2.05, 4.69) is 27.2 Å². The van der Waals surface area contributed by atoms with Crippen molar-refractivity contribution in [3.05, 3.63) is 84.0 Å². The fraction of sp³-hybridized carbons (Fsp3) is 0.310. The summed E-state index contributed by atoms with van der Waals surface area (Å²) in [5.41, 5.74) is 3.12. The van der Waals surface area contributed by atoms with E-state index >= 15 is 0 Å². The van der Waals surface area contributed by atoms with Gasteiger partial charge in [-0.15, -0.1) is 0 Å². The molecule has 3 rings (SSSR count). The van der Waals surface area contributed by atoms with Crippen LogP contribution in [0.3, 0.4) is 0 Å². The highest BCUT2D eigenvalue weighted by atomic mass is 16.5. The van der Waals surface area contributed by atoms with Gasteiger partial charge in [-0.05, 0) is 44.4 Å². The Labute approximate surface area is 213 Å². The molecule has 1 aliphatic rings. The fourth-order valence-electron chi connectivity index (χ4n) is 4.16. The number of amidine groups is 1. The molecule has 0 aromatic heterocycles. The third kappa shape index (κ3) is 7.01. The molecule has 1 aliphatic carbocycles. The molecule has 0 saturated heterocycles. The molecule has 0 atom stereocenters. The van der Waals surface area contributed by atoms with Crippen LogP contribution in [0.25, 0.3) is 5.57 Å². The smallest absolute Gasteiger partial charge is 0.347 e. The number of carbonyl (C=O) groups is 2. The number of nitrogens with one attached hydrogen (secondary N) is 2. The van der Waals surface area contributed by atoms with Crippen molar-refractivity contribution in [2.24, 2.45) is 9.98 Å². The van der Waals surface area contributed by atoms with Crippen LogP contribution in [0.1, 0.15) is 45.1 Å². The Kier molecular flexibility index (Phi) is 9.74. The van der Waals surface area contributed by atoms with Gasteiger partial charge < -0.3 is 15.4 Å². The van der Waals surface area contributed by atoms with E-state index in [9.17, 15) is 9.59 Å². The summed E-state index contributed by atoms with van der Waals surface area (Å²) in [6, 6.07) is 18.2. The number of ether oxygens (including phenoxy) is 1. The first kappa shape index (κ1) is 26.6. The number of amides is 2. The summed E-state index contributed by atoms with van der Waals surface area (Å²) in [4.78, 5) is 34.8. The molecule has 0 heterocycles. The highest BCUT2D eigenvalue weighted by molar-refractivity contribution is 6.29. The third-order valence-electron chi connectivity index (χ3n) is 6.01. The summed E-state index contributed by atoms with van der Waals surface area (Å²) in [6.45, 7) is 8.05. The second-order valence-corrected chi connectivity index (χ2v) is 8.51. The van der Waals surface area contributed by atoms with Crippen LogP contribution < -0.4 is 10.6 Å². The lowest BCUT2D eigenvalue weighted by atomic mass is 9.90. The van der Waals surface area contributed by atoms with Crippen molar-refractivity contribution in [1.29, 1.82) is 0 Å². The molecule has 0 bridgehead atoms. The van der Waals surface area contributed by atoms with E-state index in [0.29, 0.717) is 34.0 Å². The number of aliphatic imine (C=N–C) groups is 2. The minimum Gasteiger partial charge on any atom is -0.462 e. The molecule has 2 N–H and O–H groups in total. The molecule has 0 aliphatic heterocycles. The first-order valence-electron chi connectivity index (χ1n) is 12.3. The zero-order valence-corrected chi connectivity index (χ0v) is 21.2. The minimum atomic E-state index is -0.533. The van der Waals surface area contributed by atoms with E-state index in [-0.39, 0.29) is 12.6 Å². The first-order chi connectivity index (χ1) is 17.4. The largest absolute Gasteiger partial charge is 0.462 e. The first-order valence-corrected chi connectivity index (χ1v) is 12.3. The van der Waals surface area contributed by atoms with Gasteiger partial charge in [0.25, 0.3) is 0 Å². The van der Waals surface area contributed by atoms with Gasteiger partial charge in [0.15, 0.2) is 0 Å². The summed E-state index contributed by atoms with van der Waals surface area (Å²) in [5.74, 6) is -0.186. The summed E-state index contributed by atoms with van der Waals surface area (Å²) >= 11 is 0. The van der Waals surface area contributed by atoms with Crippen LogP contribution in [-0.2, 0) is 9.53 Å². The van der Waals surface area contributed by atoms with Gasteiger partial charge in [0.1, 0.15) is 5.84 Å². The van der Waals surface area contributed by atoms with Crippen molar-refractivity contribution in [3.63, 3.8) is 0 Å². The molecule has 188 valence electrons. The molecule has 7 nitrogen and oxygen atoms in total. The van der Waals surface area contributed by atoms with Crippen LogP contribution in [0, 0.1) is 0 Å². The highest BCUT2D eigenvalue weighted by Gasteiger charge is 2.27. The lowest BCUT2D eigenvalue weighted by Gasteiger charge is -2.22. The standard InChI is InChI=1S/C29H34N4O3/c1-5-36-28(34)26(21(3)30-4)25(22-14-8-6-9-15-22)20(2)27(31-23-18-12-13-19-23)33-29(35)32-24-16-10-7-11-17-24/h6-11,14-17,23H,2,5,12-13,18-19H2,1,3-4H3,(H2,31,32,33,35)/b26-25-,30-21-.